The molecule has 0 saturated carbocycles. The number of nitrogens with one attached hydrogen (secondary N) is 1. The predicted octanol–water partition coefficient (Wildman–Crippen LogP) is 3.34. The van der Waals surface area contributed by atoms with Crippen LogP contribution in [0.4, 0.5) is 15.9 Å². The van der Waals surface area contributed by atoms with Crippen LogP contribution in [0.2, 0.25) is 5.02 Å². The van der Waals surface area contributed by atoms with E-state index in [4.69, 9.17) is 11.6 Å². The zero-order valence-electron chi connectivity index (χ0n) is 15.0. The summed E-state index contributed by atoms with van der Waals surface area (Å²) in [5.74, 6) is -0.663. The van der Waals surface area contributed by atoms with Crippen LogP contribution in [0.1, 0.15) is 24.2 Å². The number of anilines is 1. The van der Waals surface area contributed by atoms with Crippen LogP contribution in [0, 0.1) is 22.9 Å². The van der Waals surface area contributed by atoms with E-state index in [1.54, 1.807) is 19.1 Å². The van der Waals surface area contributed by atoms with Crippen LogP contribution in [0.25, 0.3) is 0 Å². The highest BCUT2D eigenvalue weighted by Crippen LogP contribution is 2.23. The van der Waals surface area contributed by atoms with Gasteiger partial charge in [0.25, 0.3) is 0 Å². The number of nitrogens with zero attached hydrogens (tertiary/aromatic N) is 5. The van der Waals surface area contributed by atoms with E-state index >= 15 is 0 Å². The standard InChI is InChI=1S/C17H16ClFN6O3/c1-10-15(25(27)28)9-24(21-10)11(2)17(26)20-16-14(18)8-23(22-16)7-12-3-5-13(19)6-4-12/h3-6,8-9,11H,7H2,1-2H3,(H,20,22,26). The Morgan fingerprint density at radius 2 is 2.00 bits per heavy atom. The third-order valence-electron chi connectivity index (χ3n) is 4.08. The van der Waals surface area contributed by atoms with E-state index in [0.717, 1.165) is 5.56 Å². The number of halogens is 2. The maximum absolute atomic E-state index is 13.0. The van der Waals surface area contributed by atoms with Crippen molar-refractivity contribution in [1.29, 1.82) is 0 Å². The molecule has 0 aliphatic rings. The second-order valence-electron chi connectivity index (χ2n) is 6.15. The molecule has 0 aliphatic carbocycles. The van der Waals surface area contributed by atoms with E-state index < -0.39 is 16.9 Å². The fourth-order valence-corrected chi connectivity index (χ4v) is 2.73. The van der Waals surface area contributed by atoms with Gasteiger partial charge in [-0.3, -0.25) is 24.3 Å². The molecule has 0 aliphatic heterocycles. The second-order valence-corrected chi connectivity index (χ2v) is 6.56. The van der Waals surface area contributed by atoms with Gasteiger partial charge in [0, 0.05) is 6.20 Å². The van der Waals surface area contributed by atoms with Gasteiger partial charge in [0.05, 0.1) is 11.5 Å². The maximum atomic E-state index is 13.0. The molecule has 1 unspecified atom stereocenters. The molecule has 3 aromatic rings. The summed E-state index contributed by atoms with van der Waals surface area (Å²) < 4.78 is 15.7. The highest BCUT2D eigenvalue weighted by atomic mass is 35.5. The third kappa shape index (κ3) is 4.17. The number of nitro groups is 1. The van der Waals surface area contributed by atoms with Crippen molar-refractivity contribution in [1.82, 2.24) is 19.6 Å². The number of hydrogen-bond donors (Lipinski definition) is 1. The smallest absolute Gasteiger partial charge is 0.306 e. The summed E-state index contributed by atoms with van der Waals surface area (Å²) in [6.07, 6.45) is 2.74. The molecule has 0 saturated heterocycles. The van der Waals surface area contributed by atoms with Gasteiger partial charge >= 0.3 is 5.69 Å². The van der Waals surface area contributed by atoms with Crippen LogP contribution in [0.5, 0.6) is 0 Å². The van der Waals surface area contributed by atoms with Crippen molar-refractivity contribution in [3.8, 4) is 0 Å². The van der Waals surface area contributed by atoms with Gasteiger partial charge in [0.2, 0.25) is 5.91 Å². The fourth-order valence-electron chi connectivity index (χ4n) is 2.53. The fraction of sp³-hybridized carbons (Fsp3) is 0.235. The lowest BCUT2D eigenvalue weighted by molar-refractivity contribution is -0.385. The molecule has 3 rings (SSSR count). The number of amides is 1. The Morgan fingerprint density at radius 1 is 1.32 bits per heavy atom. The average molecular weight is 407 g/mol. The van der Waals surface area contributed by atoms with Crippen molar-refractivity contribution in [3.63, 3.8) is 0 Å². The number of carbonyl (C=O) groups is 1. The van der Waals surface area contributed by atoms with Crippen LogP contribution >= 0.6 is 11.6 Å². The van der Waals surface area contributed by atoms with E-state index in [2.05, 4.69) is 15.5 Å². The van der Waals surface area contributed by atoms with Gasteiger partial charge in [-0.2, -0.15) is 10.2 Å². The molecule has 1 amide bonds. The highest BCUT2D eigenvalue weighted by Gasteiger charge is 2.23. The summed E-state index contributed by atoms with van der Waals surface area (Å²) in [6, 6.07) is 5.12. The van der Waals surface area contributed by atoms with Crippen LogP contribution in [-0.4, -0.2) is 30.4 Å². The Labute approximate surface area is 163 Å². The number of rotatable bonds is 6. The molecule has 0 radical (unpaired) electrons. The van der Waals surface area contributed by atoms with Gasteiger partial charge in [-0.15, -0.1) is 0 Å². The van der Waals surface area contributed by atoms with Crippen molar-refractivity contribution in [3.05, 3.63) is 68.9 Å². The summed E-state index contributed by atoms with van der Waals surface area (Å²) in [5.41, 5.74) is 0.860. The number of carbonyl (C=O) groups excluding carboxylic acids is 1. The summed E-state index contributed by atoms with van der Waals surface area (Å²) in [7, 11) is 0. The minimum atomic E-state index is -0.814. The molecule has 146 valence electrons. The minimum Gasteiger partial charge on any atom is -0.306 e. The summed E-state index contributed by atoms with van der Waals surface area (Å²) >= 11 is 6.13. The van der Waals surface area contributed by atoms with Gasteiger partial charge in [-0.05, 0) is 31.5 Å². The van der Waals surface area contributed by atoms with E-state index in [-0.39, 0.29) is 28.0 Å². The first-order valence-corrected chi connectivity index (χ1v) is 8.61. The van der Waals surface area contributed by atoms with Crippen LogP contribution < -0.4 is 5.32 Å². The molecule has 11 heteroatoms. The van der Waals surface area contributed by atoms with Gasteiger partial charge in [-0.1, -0.05) is 23.7 Å². The van der Waals surface area contributed by atoms with Crippen LogP contribution in [-0.2, 0) is 11.3 Å². The lowest BCUT2D eigenvalue weighted by Gasteiger charge is -2.11. The summed E-state index contributed by atoms with van der Waals surface area (Å²) in [5, 5.41) is 22.0. The normalized spacial score (nSPS) is 12.0. The Bertz CT molecular complexity index is 1030. The molecule has 1 aromatic carbocycles. The molecule has 28 heavy (non-hydrogen) atoms. The summed E-state index contributed by atoms with van der Waals surface area (Å²) in [6.45, 7) is 3.39. The zero-order chi connectivity index (χ0) is 20.4. The Kier molecular flexibility index (Phi) is 5.41. The number of aryl methyl sites for hydroxylation is 1. The first-order chi connectivity index (χ1) is 13.2. The van der Waals surface area contributed by atoms with Gasteiger partial charge in [0.15, 0.2) is 5.82 Å². The largest absolute Gasteiger partial charge is 0.309 e. The zero-order valence-corrected chi connectivity index (χ0v) is 15.7. The first kappa shape index (κ1) is 19.5. The van der Waals surface area contributed by atoms with Crippen molar-refractivity contribution in [2.24, 2.45) is 0 Å². The molecule has 0 bridgehead atoms. The molecular weight excluding hydrogens is 391 g/mol. The van der Waals surface area contributed by atoms with Gasteiger partial charge < -0.3 is 5.32 Å². The van der Waals surface area contributed by atoms with E-state index in [1.807, 2.05) is 0 Å². The average Bonchev–Trinajstić information content (AvgIpc) is 3.19. The highest BCUT2D eigenvalue weighted by molar-refractivity contribution is 6.33. The molecule has 1 atom stereocenters. The quantitative estimate of drug-likeness (QED) is 0.499. The van der Waals surface area contributed by atoms with Gasteiger partial charge in [-0.25, -0.2) is 4.39 Å². The Hall–Kier alpha value is -3.27. The van der Waals surface area contributed by atoms with Crippen LogP contribution in [0.3, 0.4) is 0 Å². The lowest BCUT2D eigenvalue weighted by atomic mass is 10.2. The van der Waals surface area contributed by atoms with Crippen molar-refractivity contribution in [2.45, 2.75) is 26.4 Å². The molecular formula is C17H16ClFN6O3. The molecule has 0 spiro atoms. The number of hydrogen-bond acceptors (Lipinski definition) is 5. The van der Waals surface area contributed by atoms with Crippen molar-refractivity contribution >= 4 is 29.0 Å². The molecule has 0 fully saturated rings. The van der Waals surface area contributed by atoms with Gasteiger partial charge in [0.1, 0.15) is 28.8 Å². The first-order valence-electron chi connectivity index (χ1n) is 8.23. The number of benzene rings is 1. The Morgan fingerprint density at radius 3 is 2.61 bits per heavy atom. The van der Waals surface area contributed by atoms with Crippen LogP contribution in [0.15, 0.2) is 36.7 Å². The molecule has 1 N–H and O–H groups in total. The molecule has 2 aromatic heterocycles. The second kappa shape index (κ2) is 7.77. The Balaban J connectivity index is 1.71. The van der Waals surface area contributed by atoms with E-state index in [1.165, 1.54) is 40.8 Å². The molecule has 9 nitrogen and oxygen atoms in total. The van der Waals surface area contributed by atoms with Crippen molar-refractivity contribution in [2.75, 3.05) is 5.32 Å². The van der Waals surface area contributed by atoms with E-state index in [9.17, 15) is 19.3 Å². The SMILES string of the molecule is Cc1nn(C(C)C(=O)Nc2nn(Cc3ccc(F)cc3)cc2Cl)cc1[N+](=O)[O-]. The van der Waals surface area contributed by atoms with Crippen molar-refractivity contribution < 1.29 is 14.1 Å². The summed E-state index contributed by atoms with van der Waals surface area (Å²) in [4.78, 5) is 22.8. The monoisotopic (exact) mass is 406 g/mol. The lowest BCUT2D eigenvalue weighted by Crippen LogP contribution is -2.24. The third-order valence-corrected chi connectivity index (χ3v) is 4.36. The topological polar surface area (TPSA) is 108 Å². The minimum absolute atomic E-state index is 0.152. The number of aromatic nitrogens is 4. The van der Waals surface area contributed by atoms with E-state index in [0.29, 0.717) is 6.54 Å². The predicted molar refractivity (Wildman–Crippen MR) is 99.7 cm³/mol. The molecule has 2 heterocycles. The maximum Gasteiger partial charge on any atom is 0.309 e.